The minimum absolute atomic E-state index is 0.0355. The second-order valence-corrected chi connectivity index (χ2v) is 5.32. The predicted octanol–water partition coefficient (Wildman–Crippen LogP) is 4.37. The number of hydrogen-bond acceptors (Lipinski definition) is 5. The largest absolute Gasteiger partial charge is 0.508 e. The molecule has 0 aliphatic carbocycles. The monoisotopic (exact) mass is 314 g/mol. The van der Waals surface area contributed by atoms with Gasteiger partial charge in [0.25, 0.3) is 0 Å². The van der Waals surface area contributed by atoms with Crippen LogP contribution in [0.4, 0.5) is 0 Å². The first kappa shape index (κ1) is 16.8. The summed E-state index contributed by atoms with van der Waals surface area (Å²) in [6.07, 6.45) is 1.14. The molecule has 1 unspecified atom stereocenters. The fourth-order valence-electron chi connectivity index (χ4n) is 2.53. The zero-order valence-corrected chi connectivity index (χ0v) is 13.4. The van der Waals surface area contributed by atoms with Gasteiger partial charge >= 0.3 is 0 Å². The molecule has 5 heteroatoms. The number of aromatic hydroxyl groups is 2. The van der Waals surface area contributed by atoms with Crippen LogP contribution in [0.15, 0.2) is 41.5 Å². The molecule has 0 fully saturated rings. The Bertz CT molecular complexity index is 669. The minimum Gasteiger partial charge on any atom is -0.508 e. The Kier molecular flexibility index (Phi) is 5.57. The molecule has 0 heterocycles. The number of aryl methyl sites for hydroxylation is 1. The van der Waals surface area contributed by atoms with Crippen molar-refractivity contribution < 1.29 is 14.9 Å². The summed E-state index contributed by atoms with van der Waals surface area (Å²) in [6, 6.07) is 10.2. The highest BCUT2D eigenvalue weighted by Gasteiger charge is 2.18. The minimum atomic E-state index is -0.487. The fourth-order valence-corrected chi connectivity index (χ4v) is 2.53. The summed E-state index contributed by atoms with van der Waals surface area (Å²) >= 11 is 0. The molecule has 2 rings (SSSR count). The van der Waals surface area contributed by atoms with E-state index in [0.29, 0.717) is 25.0 Å². The van der Waals surface area contributed by atoms with Crippen LogP contribution in [0.25, 0.3) is 0 Å². The second-order valence-electron chi connectivity index (χ2n) is 5.32. The summed E-state index contributed by atoms with van der Waals surface area (Å²) < 4.78 is 5.41. The molecule has 0 radical (unpaired) electrons. The highest BCUT2D eigenvalue weighted by atomic mass is 16.5. The van der Waals surface area contributed by atoms with Gasteiger partial charge in [0.1, 0.15) is 23.3 Å². The van der Waals surface area contributed by atoms with Crippen LogP contribution in [-0.2, 0) is 12.8 Å². The van der Waals surface area contributed by atoms with E-state index in [1.165, 1.54) is 6.07 Å². The molecule has 0 amide bonds. The normalized spacial score (nSPS) is 11.9. The molecular formula is C18H22N2O3. The van der Waals surface area contributed by atoms with Gasteiger partial charge in [0, 0.05) is 18.1 Å². The third kappa shape index (κ3) is 4.00. The lowest BCUT2D eigenvalue weighted by Gasteiger charge is -2.15. The Hall–Kier alpha value is -2.56. The summed E-state index contributed by atoms with van der Waals surface area (Å²) in [6.45, 7) is 4.47. The van der Waals surface area contributed by atoms with Gasteiger partial charge in [0.2, 0.25) is 0 Å². The van der Waals surface area contributed by atoms with E-state index in [9.17, 15) is 10.2 Å². The van der Waals surface area contributed by atoms with Crippen molar-refractivity contribution >= 4 is 0 Å². The van der Waals surface area contributed by atoms with Crippen LogP contribution >= 0.6 is 0 Å². The van der Waals surface area contributed by atoms with Crippen LogP contribution in [0.3, 0.4) is 0 Å². The quantitative estimate of drug-likeness (QED) is 0.663. The van der Waals surface area contributed by atoms with E-state index in [-0.39, 0.29) is 11.5 Å². The van der Waals surface area contributed by atoms with Gasteiger partial charge in [0.05, 0.1) is 6.61 Å². The lowest BCUT2D eigenvalue weighted by atomic mass is 9.96. The lowest BCUT2D eigenvalue weighted by molar-refractivity contribution is 0.340. The summed E-state index contributed by atoms with van der Waals surface area (Å²) in [5.74, 6) is 0.835. The number of ether oxygens (including phenoxy) is 1. The molecule has 0 aromatic heterocycles. The van der Waals surface area contributed by atoms with Crippen molar-refractivity contribution in [1.29, 1.82) is 5.53 Å². The summed E-state index contributed by atoms with van der Waals surface area (Å²) in [5.41, 5.74) is 9.75. The first-order valence-electron chi connectivity index (χ1n) is 7.72. The van der Waals surface area contributed by atoms with E-state index < -0.39 is 6.04 Å². The maximum atomic E-state index is 10.1. The Morgan fingerprint density at radius 1 is 1.09 bits per heavy atom. The number of nitrogens with zero attached hydrogens (tertiary/aromatic N) is 1. The Morgan fingerprint density at radius 3 is 2.35 bits per heavy atom. The highest BCUT2D eigenvalue weighted by molar-refractivity contribution is 5.47. The van der Waals surface area contributed by atoms with Crippen LogP contribution in [-0.4, -0.2) is 16.8 Å². The van der Waals surface area contributed by atoms with E-state index >= 15 is 0 Å². The molecule has 1 atom stereocenters. The van der Waals surface area contributed by atoms with E-state index in [2.05, 4.69) is 5.11 Å². The molecule has 0 saturated heterocycles. The van der Waals surface area contributed by atoms with Gasteiger partial charge in [-0.05, 0) is 42.7 Å². The van der Waals surface area contributed by atoms with Gasteiger partial charge in [-0.15, -0.1) is 0 Å². The summed E-state index contributed by atoms with van der Waals surface area (Å²) in [7, 11) is 0. The molecule has 2 aromatic carbocycles. The molecule has 3 N–H and O–H groups in total. The molecule has 122 valence electrons. The van der Waals surface area contributed by atoms with Crippen LogP contribution in [0.2, 0.25) is 0 Å². The highest BCUT2D eigenvalue weighted by Crippen LogP contribution is 2.35. The fraction of sp³-hybridized carbons (Fsp3) is 0.333. The molecule has 23 heavy (non-hydrogen) atoms. The average molecular weight is 314 g/mol. The van der Waals surface area contributed by atoms with Crippen LogP contribution in [0.1, 0.15) is 36.6 Å². The summed E-state index contributed by atoms with van der Waals surface area (Å²) in [4.78, 5) is 0. The molecule has 0 aliphatic rings. The van der Waals surface area contributed by atoms with E-state index in [0.717, 1.165) is 16.9 Å². The summed E-state index contributed by atoms with van der Waals surface area (Å²) in [5, 5.41) is 23.5. The first-order valence-corrected chi connectivity index (χ1v) is 7.72. The third-order valence-electron chi connectivity index (χ3n) is 3.79. The topological polar surface area (TPSA) is 85.9 Å². The maximum absolute atomic E-state index is 10.1. The van der Waals surface area contributed by atoms with Crippen molar-refractivity contribution in [2.75, 3.05) is 6.61 Å². The maximum Gasteiger partial charge on any atom is 0.124 e. The number of phenolic OH excluding ortho intramolecular Hbond substituents is 2. The molecular weight excluding hydrogens is 292 g/mol. The molecule has 2 aromatic rings. The number of nitrogens with one attached hydrogen (secondary N) is 1. The molecule has 0 spiro atoms. The van der Waals surface area contributed by atoms with Crippen molar-refractivity contribution in [3.05, 3.63) is 53.1 Å². The second kappa shape index (κ2) is 7.63. The SMILES string of the molecule is CCOc1ccc(CC(N=N)c2cc(CC)c(O)cc2O)cc1. The van der Waals surface area contributed by atoms with Gasteiger partial charge < -0.3 is 14.9 Å². The van der Waals surface area contributed by atoms with E-state index in [4.69, 9.17) is 10.3 Å². The number of rotatable bonds is 7. The molecule has 0 aliphatic heterocycles. The van der Waals surface area contributed by atoms with Crippen molar-refractivity contribution in [3.8, 4) is 17.2 Å². The predicted molar refractivity (Wildman–Crippen MR) is 88.4 cm³/mol. The van der Waals surface area contributed by atoms with Crippen molar-refractivity contribution in [1.82, 2.24) is 0 Å². The average Bonchev–Trinajstić information content (AvgIpc) is 2.55. The Balaban J connectivity index is 2.24. The smallest absolute Gasteiger partial charge is 0.124 e. The zero-order valence-electron chi connectivity index (χ0n) is 13.4. The Labute approximate surface area is 136 Å². The van der Waals surface area contributed by atoms with Crippen LogP contribution in [0, 0.1) is 5.53 Å². The third-order valence-corrected chi connectivity index (χ3v) is 3.79. The number of benzene rings is 2. The van der Waals surface area contributed by atoms with Crippen LogP contribution in [0.5, 0.6) is 17.2 Å². The zero-order chi connectivity index (χ0) is 16.8. The van der Waals surface area contributed by atoms with Crippen molar-refractivity contribution in [2.45, 2.75) is 32.7 Å². The van der Waals surface area contributed by atoms with Crippen molar-refractivity contribution in [2.24, 2.45) is 5.11 Å². The standard InChI is InChI=1S/C18H22N2O3/c1-3-13-10-15(18(22)11-17(13)21)16(20-19)9-12-5-7-14(8-6-12)23-4-2/h5-8,10-11,16,19,21-22H,3-4,9H2,1-2H3. The lowest BCUT2D eigenvalue weighted by Crippen LogP contribution is -2.02. The van der Waals surface area contributed by atoms with Gasteiger partial charge in [-0.25, -0.2) is 5.53 Å². The van der Waals surface area contributed by atoms with Crippen molar-refractivity contribution in [3.63, 3.8) is 0 Å². The molecule has 5 nitrogen and oxygen atoms in total. The van der Waals surface area contributed by atoms with E-state index in [1.807, 2.05) is 38.1 Å². The van der Waals surface area contributed by atoms with E-state index in [1.54, 1.807) is 6.07 Å². The first-order chi connectivity index (χ1) is 11.1. The van der Waals surface area contributed by atoms with Gasteiger partial charge in [-0.2, -0.15) is 5.11 Å². The molecule has 0 saturated carbocycles. The number of phenols is 2. The van der Waals surface area contributed by atoms with Crippen LogP contribution < -0.4 is 4.74 Å². The Morgan fingerprint density at radius 2 is 1.78 bits per heavy atom. The molecule has 0 bridgehead atoms. The van der Waals surface area contributed by atoms with Gasteiger partial charge in [0.15, 0.2) is 0 Å². The van der Waals surface area contributed by atoms with Gasteiger partial charge in [-0.3, -0.25) is 0 Å². The number of hydrogen-bond donors (Lipinski definition) is 3. The van der Waals surface area contributed by atoms with Gasteiger partial charge in [-0.1, -0.05) is 19.1 Å².